The van der Waals surface area contributed by atoms with E-state index in [0.717, 1.165) is 27.5 Å². The highest BCUT2D eigenvalue weighted by Gasteiger charge is 2.37. The Balaban J connectivity index is 1.46. The first-order chi connectivity index (χ1) is 16.3. The number of rotatable bonds is 7. The van der Waals surface area contributed by atoms with E-state index < -0.39 is 5.92 Å². The lowest BCUT2D eigenvalue weighted by atomic mass is 10.0. The molecule has 180 valence electrons. The van der Waals surface area contributed by atoms with Gasteiger partial charge in [0.25, 0.3) is 11.8 Å². The van der Waals surface area contributed by atoms with Gasteiger partial charge in [0.2, 0.25) is 0 Å². The van der Waals surface area contributed by atoms with E-state index in [4.69, 9.17) is 4.98 Å². The Kier molecular flexibility index (Phi) is 7.00. The molecule has 0 spiro atoms. The topological polar surface area (TPSA) is 99.5 Å². The number of hydrogen-bond acceptors (Lipinski definition) is 5. The average molecular weight is 464 g/mol. The van der Waals surface area contributed by atoms with Crippen LogP contribution in [0, 0.1) is 5.92 Å². The highest BCUT2D eigenvalue weighted by molar-refractivity contribution is 5.95. The third-order valence-corrected chi connectivity index (χ3v) is 6.32. The fourth-order valence-corrected chi connectivity index (χ4v) is 4.41. The Morgan fingerprint density at radius 1 is 1.12 bits per heavy atom. The van der Waals surface area contributed by atoms with Crippen LogP contribution in [0.4, 0.5) is 0 Å². The molecule has 1 saturated heterocycles. The van der Waals surface area contributed by atoms with Crippen molar-refractivity contribution in [2.24, 2.45) is 5.92 Å². The van der Waals surface area contributed by atoms with Crippen LogP contribution in [0.5, 0.6) is 0 Å². The van der Waals surface area contributed by atoms with E-state index in [9.17, 15) is 14.8 Å². The molecule has 0 saturated carbocycles. The molecule has 1 fully saturated rings. The predicted octanol–water partition coefficient (Wildman–Crippen LogP) is 3.15. The van der Waals surface area contributed by atoms with Gasteiger partial charge in [-0.2, -0.15) is 0 Å². The Morgan fingerprint density at radius 3 is 2.50 bits per heavy atom. The Bertz CT molecular complexity index is 1170. The summed E-state index contributed by atoms with van der Waals surface area (Å²) in [6, 6.07) is 15.0. The minimum absolute atomic E-state index is 0.233. The maximum Gasteiger partial charge on any atom is 0.252 e. The summed E-state index contributed by atoms with van der Waals surface area (Å²) in [5.41, 5.74) is 3.68. The number of carbonyl (C=O) groups excluding carboxylic acids is 2. The fraction of sp³-hybridized carbons (Fsp3) is 0.423. The first-order valence-electron chi connectivity index (χ1n) is 11.8. The predicted molar refractivity (Wildman–Crippen MR) is 131 cm³/mol. The highest BCUT2D eigenvalue weighted by Crippen LogP contribution is 2.23. The van der Waals surface area contributed by atoms with Gasteiger partial charge in [0, 0.05) is 31.1 Å². The van der Waals surface area contributed by atoms with Crippen molar-refractivity contribution in [3.8, 4) is 0 Å². The van der Waals surface area contributed by atoms with Gasteiger partial charge in [-0.15, -0.1) is 0 Å². The first kappa shape index (κ1) is 23.9. The fourth-order valence-electron chi connectivity index (χ4n) is 4.41. The van der Waals surface area contributed by atoms with Crippen molar-refractivity contribution in [1.82, 2.24) is 25.2 Å². The van der Waals surface area contributed by atoms with Crippen molar-refractivity contribution in [2.75, 3.05) is 13.1 Å². The molecule has 2 amide bonds. The number of fused-ring (bicyclic) bond motifs is 1. The number of amides is 2. The molecule has 2 heterocycles. The van der Waals surface area contributed by atoms with Crippen LogP contribution in [0.2, 0.25) is 0 Å². The molecular weight excluding hydrogens is 430 g/mol. The van der Waals surface area contributed by atoms with Crippen LogP contribution in [0.1, 0.15) is 55.4 Å². The number of hydrogen-bond donors (Lipinski definition) is 3. The van der Waals surface area contributed by atoms with Crippen molar-refractivity contribution in [3.05, 3.63) is 65.5 Å². The van der Waals surface area contributed by atoms with E-state index in [1.807, 2.05) is 42.5 Å². The molecule has 2 aromatic carbocycles. The van der Waals surface area contributed by atoms with Crippen molar-refractivity contribution in [3.63, 3.8) is 0 Å². The molecule has 8 heteroatoms. The van der Waals surface area contributed by atoms with Crippen LogP contribution in [-0.2, 0) is 11.3 Å². The molecule has 4 rings (SSSR count). The number of carbonyl (C=O) groups is 2. The lowest BCUT2D eigenvalue weighted by molar-refractivity contribution is -0.177. The third kappa shape index (κ3) is 4.83. The molecule has 0 unspecified atom stereocenters. The summed E-state index contributed by atoms with van der Waals surface area (Å²) in [6.45, 7) is 9.33. The molecule has 8 nitrogen and oxygen atoms in total. The van der Waals surface area contributed by atoms with Crippen molar-refractivity contribution < 1.29 is 14.8 Å². The molecule has 3 aromatic rings. The van der Waals surface area contributed by atoms with E-state index in [0.29, 0.717) is 31.1 Å². The van der Waals surface area contributed by atoms with E-state index >= 15 is 0 Å². The van der Waals surface area contributed by atoms with E-state index in [1.165, 1.54) is 0 Å². The summed E-state index contributed by atoms with van der Waals surface area (Å²) in [6.07, 6.45) is 0. The zero-order valence-corrected chi connectivity index (χ0v) is 20.2. The number of aromatic nitrogens is 2. The summed E-state index contributed by atoms with van der Waals surface area (Å²) in [5.74, 6) is 0.210. The van der Waals surface area contributed by atoms with Gasteiger partial charge in [-0.25, -0.2) is 10.0 Å². The number of para-hydroxylation sites is 2. The molecule has 0 bridgehead atoms. The average Bonchev–Trinajstić information content (AvgIpc) is 3.43. The largest absolute Gasteiger partial charge is 0.347 e. The number of nitrogens with one attached hydrogen (secondary N) is 2. The molecule has 0 radical (unpaired) electrons. The summed E-state index contributed by atoms with van der Waals surface area (Å²) < 4.78 is 2.23. The highest BCUT2D eigenvalue weighted by atomic mass is 16.5. The molecule has 34 heavy (non-hydrogen) atoms. The second-order valence-electron chi connectivity index (χ2n) is 9.52. The minimum atomic E-state index is -0.500. The number of benzene rings is 2. The lowest BCUT2D eigenvalue weighted by Crippen LogP contribution is -2.48. The van der Waals surface area contributed by atoms with Crippen molar-refractivity contribution >= 4 is 22.8 Å². The molecule has 1 aliphatic rings. The van der Waals surface area contributed by atoms with Crippen LogP contribution in [0.3, 0.4) is 0 Å². The quantitative estimate of drug-likeness (QED) is 0.369. The van der Waals surface area contributed by atoms with Gasteiger partial charge in [0.15, 0.2) is 0 Å². The molecule has 0 aliphatic carbocycles. The lowest BCUT2D eigenvalue weighted by Gasteiger charge is -2.25. The second-order valence-corrected chi connectivity index (χ2v) is 9.52. The maximum atomic E-state index is 12.9. The summed E-state index contributed by atoms with van der Waals surface area (Å²) in [7, 11) is 0. The van der Waals surface area contributed by atoms with Gasteiger partial charge in [0.05, 0.1) is 29.0 Å². The van der Waals surface area contributed by atoms with Crippen LogP contribution < -0.4 is 10.6 Å². The number of imidazole rings is 1. The van der Waals surface area contributed by atoms with Crippen molar-refractivity contribution in [1.29, 1.82) is 0 Å². The van der Waals surface area contributed by atoms with Crippen LogP contribution >= 0.6 is 0 Å². The van der Waals surface area contributed by atoms with Gasteiger partial charge in [-0.3, -0.25) is 14.8 Å². The minimum Gasteiger partial charge on any atom is -0.347 e. The molecule has 1 aromatic heterocycles. The van der Waals surface area contributed by atoms with Crippen LogP contribution in [-0.4, -0.2) is 56.8 Å². The zero-order chi connectivity index (χ0) is 24.4. The van der Waals surface area contributed by atoms with Gasteiger partial charge in [-0.1, -0.05) is 38.1 Å². The standard InChI is InChI=1S/C26H33N5O3/c1-16(2)24-28-21-7-5-6-8-23(21)30(24)15-18-9-11-19(12-10-18)25(32)29-22-14-27-13-20(22)26(33)31(34)17(3)4/h5-12,16-17,20,22,27,34H,13-15H2,1-4H3,(H,29,32)/t20-,22+/m0/s1. The second kappa shape index (κ2) is 9.95. The maximum absolute atomic E-state index is 12.9. The normalized spacial score (nSPS) is 18.1. The van der Waals surface area contributed by atoms with Crippen molar-refractivity contribution in [2.45, 2.75) is 52.2 Å². The molecule has 3 N–H and O–H groups in total. The summed E-state index contributed by atoms with van der Waals surface area (Å²) in [4.78, 5) is 30.2. The van der Waals surface area contributed by atoms with Gasteiger partial charge >= 0.3 is 0 Å². The van der Waals surface area contributed by atoms with E-state index in [2.05, 4.69) is 35.1 Å². The zero-order valence-electron chi connectivity index (χ0n) is 20.2. The number of nitrogens with zero attached hydrogens (tertiary/aromatic N) is 3. The summed E-state index contributed by atoms with van der Waals surface area (Å²) >= 11 is 0. The summed E-state index contributed by atoms with van der Waals surface area (Å²) in [5, 5.41) is 16.9. The molecule has 1 aliphatic heterocycles. The molecular formula is C26H33N5O3. The van der Waals surface area contributed by atoms with Crippen LogP contribution in [0.15, 0.2) is 48.5 Å². The number of hydroxylamine groups is 2. The monoisotopic (exact) mass is 463 g/mol. The Labute approximate surface area is 199 Å². The van der Waals surface area contributed by atoms with Gasteiger partial charge < -0.3 is 15.2 Å². The Hall–Kier alpha value is -3.23. The first-order valence-corrected chi connectivity index (χ1v) is 11.8. The van der Waals surface area contributed by atoms with E-state index in [1.54, 1.807) is 13.8 Å². The Morgan fingerprint density at radius 2 is 1.82 bits per heavy atom. The van der Waals surface area contributed by atoms with Gasteiger partial charge in [-0.05, 0) is 43.7 Å². The van der Waals surface area contributed by atoms with Gasteiger partial charge in [0.1, 0.15) is 5.82 Å². The smallest absolute Gasteiger partial charge is 0.252 e. The SMILES string of the molecule is CC(C)c1nc2ccccc2n1Cc1ccc(C(=O)N[C@@H]2CNC[C@@H]2C(=O)N(O)C(C)C)cc1. The third-order valence-electron chi connectivity index (χ3n) is 6.32. The van der Waals surface area contributed by atoms with E-state index in [-0.39, 0.29) is 23.9 Å². The molecule has 2 atom stereocenters. The van der Waals surface area contributed by atoms with Crippen LogP contribution in [0.25, 0.3) is 11.0 Å².